The van der Waals surface area contributed by atoms with Gasteiger partial charge >= 0.3 is 6.09 Å². The average Bonchev–Trinajstić information content (AvgIpc) is 2.51. The van der Waals surface area contributed by atoms with E-state index in [0.29, 0.717) is 31.5 Å². The van der Waals surface area contributed by atoms with E-state index in [9.17, 15) is 9.59 Å². The van der Waals surface area contributed by atoms with E-state index in [-0.39, 0.29) is 11.7 Å². The Morgan fingerprint density at radius 1 is 1.50 bits per heavy atom. The van der Waals surface area contributed by atoms with Crippen LogP contribution in [-0.4, -0.2) is 41.2 Å². The number of methoxy groups -OCH3 is 1. The van der Waals surface area contributed by atoms with Crippen LogP contribution in [0.1, 0.15) is 11.3 Å². The van der Waals surface area contributed by atoms with Crippen LogP contribution in [0.15, 0.2) is 11.1 Å². The van der Waals surface area contributed by atoms with Crippen molar-refractivity contribution in [3.8, 4) is 0 Å². The first-order valence-corrected chi connectivity index (χ1v) is 5.10. The Labute approximate surface area is 92.3 Å². The Kier molecular flexibility index (Phi) is 2.89. The van der Waals surface area contributed by atoms with Gasteiger partial charge in [0.05, 0.1) is 19.1 Å². The number of ether oxygens (including phenoxy) is 1. The van der Waals surface area contributed by atoms with Crippen molar-refractivity contribution in [3.63, 3.8) is 0 Å². The van der Waals surface area contributed by atoms with Crippen LogP contribution in [0.3, 0.4) is 0 Å². The summed E-state index contributed by atoms with van der Waals surface area (Å²) in [6, 6.07) is 0. The standard InChI is InChI=1S/C10H13N3O3/c1-16-10(15)13-4-2-7-8(3-5-13)11-6-12-9(7)14/h6H,2-5H2,1H3,(H,11,12,14). The molecule has 1 amide bonds. The average molecular weight is 223 g/mol. The Morgan fingerprint density at radius 3 is 3.00 bits per heavy atom. The van der Waals surface area contributed by atoms with Crippen molar-refractivity contribution in [3.05, 3.63) is 27.9 Å². The van der Waals surface area contributed by atoms with Crippen LogP contribution in [0.2, 0.25) is 0 Å². The molecule has 1 aliphatic heterocycles. The third-order valence-corrected chi connectivity index (χ3v) is 2.72. The molecule has 0 fully saturated rings. The Hall–Kier alpha value is -1.85. The molecule has 86 valence electrons. The molecule has 2 heterocycles. The predicted molar refractivity (Wildman–Crippen MR) is 56.2 cm³/mol. The van der Waals surface area contributed by atoms with Gasteiger partial charge in [0.2, 0.25) is 0 Å². The monoisotopic (exact) mass is 223 g/mol. The van der Waals surface area contributed by atoms with Crippen molar-refractivity contribution >= 4 is 6.09 Å². The molecule has 1 aromatic rings. The fraction of sp³-hybridized carbons (Fsp3) is 0.500. The molecule has 0 aliphatic carbocycles. The summed E-state index contributed by atoms with van der Waals surface area (Å²) in [6.45, 7) is 1.03. The summed E-state index contributed by atoms with van der Waals surface area (Å²) in [5.74, 6) is 0. The van der Waals surface area contributed by atoms with E-state index in [0.717, 1.165) is 5.69 Å². The van der Waals surface area contributed by atoms with Crippen molar-refractivity contribution in [2.75, 3.05) is 20.2 Å². The van der Waals surface area contributed by atoms with Crippen molar-refractivity contribution in [1.82, 2.24) is 14.9 Å². The van der Waals surface area contributed by atoms with Crippen LogP contribution in [0.4, 0.5) is 4.79 Å². The fourth-order valence-electron chi connectivity index (χ4n) is 1.85. The van der Waals surface area contributed by atoms with Crippen LogP contribution < -0.4 is 5.56 Å². The minimum atomic E-state index is -0.357. The van der Waals surface area contributed by atoms with Gasteiger partial charge in [-0.2, -0.15) is 0 Å². The lowest BCUT2D eigenvalue weighted by Gasteiger charge is -2.17. The second kappa shape index (κ2) is 4.34. The summed E-state index contributed by atoms with van der Waals surface area (Å²) in [6.07, 6.45) is 2.15. The van der Waals surface area contributed by atoms with Gasteiger partial charge in [-0.1, -0.05) is 0 Å². The number of carbonyl (C=O) groups is 1. The molecule has 6 nitrogen and oxygen atoms in total. The minimum Gasteiger partial charge on any atom is -0.453 e. The predicted octanol–water partition coefficient (Wildman–Crippen LogP) is -0.0631. The van der Waals surface area contributed by atoms with E-state index in [4.69, 9.17) is 0 Å². The molecule has 0 saturated carbocycles. The first kappa shape index (κ1) is 10.7. The molecule has 1 N–H and O–H groups in total. The fourth-order valence-corrected chi connectivity index (χ4v) is 1.85. The SMILES string of the molecule is COC(=O)N1CCc2nc[nH]c(=O)c2CC1. The van der Waals surface area contributed by atoms with Gasteiger partial charge < -0.3 is 14.6 Å². The van der Waals surface area contributed by atoms with Crippen LogP contribution in [0.5, 0.6) is 0 Å². The zero-order chi connectivity index (χ0) is 11.5. The van der Waals surface area contributed by atoms with E-state index >= 15 is 0 Å². The lowest BCUT2D eigenvalue weighted by Crippen LogP contribution is -2.33. The molecule has 0 saturated heterocycles. The number of nitrogens with zero attached hydrogens (tertiary/aromatic N) is 2. The molecule has 0 aromatic carbocycles. The van der Waals surface area contributed by atoms with Gasteiger partial charge in [-0.3, -0.25) is 4.79 Å². The molecule has 1 aliphatic rings. The van der Waals surface area contributed by atoms with Crippen LogP contribution in [0.25, 0.3) is 0 Å². The quantitative estimate of drug-likeness (QED) is 0.668. The molecule has 0 unspecified atom stereocenters. The molecule has 0 spiro atoms. The number of carbonyl (C=O) groups excluding carboxylic acids is 1. The first-order valence-electron chi connectivity index (χ1n) is 5.10. The third kappa shape index (κ3) is 1.91. The summed E-state index contributed by atoms with van der Waals surface area (Å²) >= 11 is 0. The Balaban J connectivity index is 2.22. The second-order valence-corrected chi connectivity index (χ2v) is 3.61. The molecular weight excluding hydrogens is 210 g/mol. The van der Waals surface area contributed by atoms with Gasteiger partial charge in [0, 0.05) is 25.1 Å². The smallest absolute Gasteiger partial charge is 0.409 e. The number of H-pyrrole nitrogens is 1. The highest BCUT2D eigenvalue weighted by Crippen LogP contribution is 2.09. The van der Waals surface area contributed by atoms with Gasteiger partial charge in [-0.05, 0) is 6.42 Å². The number of aromatic nitrogens is 2. The third-order valence-electron chi connectivity index (χ3n) is 2.72. The Bertz CT molecular complexity index is 455. The number of hydrogen-bond acceptors (Lipinski definition) is 4. The molecule has 0 bridgehead atoms. The van der Waals surface area contributed by atoms with E-state index < -0.39 is 0 Å². The van der Waals surface area contributed by atoms with Gasteiger partial charge in [-0.25, -0.2) is 9.78 Å². The molecule has 6 heteroatoms. The number of rotatable bonds is 0. The first-order chi connectivity index (χ1) is 7.72. The maximum Gasteiger partial charge on any atom is 0.409 e. The van der Waals surface area contributed by atoms with E-state index in [2.05, 4.69) is 14.7 Å². The van der Waals surface area contributed by atoms with E-state index in [1.165, 1.54) is 13.4 Å². The maximum absolute atomic E-state index is 11.5. The molecule has 0 atom stereocenters. The number of hydrogen-bond donors (Lipinski definition) is 1. The van der Waals surface area contributed by atoms with Gasteiger partial charge in [0.15, 0.2) is 0 Å². The zero-order valence-electron chi connectivity index (χ0n) is 9.02. The Morgan fingerprint density at radius 2 is 2.25 bits per heavy atom. The highest BCUT2D eigenvalue weighted by Gasteiger charge is 2.20. The largest absolute Gasteiger partial charge is 0.453 e. The summed E-state index contributed by atoms with van der Waals surface area (Å²) in [5.41, 5.74) is 1.33. The highest BCUT2D eigenvalue weighted by atomic mass is 16.5. The second-order valence-electron chi connectivity index (χ2n) is 3.61. The number of nitrogens with one attached hydrogen (secondary N) is 1. The van der Waals surface area contributed by atoms with E-state index in [1.54, 1.807) is 4.90 Å². The van der Waals surface area contributed by atoms with Crippen molar-refractivity contribution in [2.24, 2.45) is 0 Å². The van der Waals surface area contributed by atoms with Crippen LogP contribution in [-0.2, 0) is 17.6 Å². The summed E-state index contributed by atoms with van der Waals surface area (Å²) < 4.78 is 4.65. The highest BCUT2D eigenvalue weighted by molar-refractivity contribution is 5.67. The maximum atomic E-state index is 11.5. The van der Waals surface area contributed by atoms with Gasteiger partial charge in [-0.15, -0.1) is 0 Å². The van der Waals surface area contributed by atoms with Crippen molar-refractivity contribution in [1.29, 1.82) is 0 Å². The van der Waals surface area contributed by atoms with Gasteiger partial charge in [0.25, 0.3) is 5.56 Å². The van der Waals surface area contributed by atoms with Crippen molar-refractivity contribution < 1.29 is 9.53 Å². The topological polar surface area (TPSA) is 75.3 Å². The lowest BCUT2D eigenvalue weighted by atomic mass is 10.1. The van der Waals surface area contributed by atoms with E-state index in [1.807, 2.05) is 0 Å². The molecule has 16 heavy (non-hydrogen) atoms. The lowest BCUT2D eigenvalue weighted by molar-refractivity contribution is 0.125. The zero-order valence-corrected chi connectivity index (χ0v) is 9.02. The molecule has 0 radical (unpaired) electrons. The number of amides is 1. The minimum absolute atomic E-state index is 0.114. The molecular formula is C10H13N3O3. The van der Waals surface area contributed by atoms with Crippen LogP contribution in [0, 0.1) is 0 Å². The normalized spacial score (nSPS) is 15.2. The number of aromatic amines is 1. The van der Waals surface area contributed by atoms with Gasteiger partial charge in [0.1, 0.15) is 0 Å². The summed E-state index contributed by atoms with van der Waals surface area (Å²) in [5, 5.41) is 0. The van der Waals surface area contributed by atoms with Crippen molar-refractivity contribution in [2.45, 2.75) is 12.8 Å². The van der Waals surface area contributed by atoms with Crippen LogP contribution >= 0.6 is 0 Å². The number of fused-ring (bicyclic) bond motifs is 1. The molecule has 1 aromatic heterocycles. The summed E-state index contributed by atoms with van der Waals surface area (Å²) in [4.78, 5) is 31.1. The summed E-state index contributed by atoms with van der Waals surface area (Å²) in [7, 11) is 1.35. The molecule has 2 rings (SSSR count).